The highest BCUT2D eigenvalue weighted by Gasteiger charge is 2.29. The molecule has 5 nitrogen and oxygen atoms in total. The molecule has 0 spiro atoms. The first kappa shape index (κ1) is 14.7. The zero-order chi connectivity index (χ0) is 16.2. The topological polar surface area (TPSA) is 62.6 Å². The van der Waals surface area contributed by atoms with Gasteiger partial charge in [-0.1, -0.05) is 24.3 Å². The smallest absolute Gasteiger partial charge is 0.420 e. The van der Waals surface area contributed by atoms with E-state index in [-0.39, 0.29) is 0 Å². The van der Waals surface area contributed by atoms with Crippen molar-refractivity contribution in [3.63, 3.8) is 0 Å². The summed E-state index contributed by atoms with van der Waals surface area (Å²) in [5, 5.41) is 9.44. The first-order valence-corrected chi connectivity index (χ1v) is 7.04. The molecule has 0 fully saturated rings. The van der Waals surface area contributed by atoms with Crippen LogP contribution in [0.2, 0.25) is 0 Å². The fraction of sp³-hybridized carbons (Fsp3) is 0.111. The number of benzene rings is 2. The molecule has 1 aliphatic rings. The number of methoxy groups -OCH3 is 1. The van der Waals surface area contributed by atoms with Crippen LogP contribution in [0.5, 0.6) is 11.5 Å². The molecule has 0 bridgehead atoms. The van der Waals surface area contributed by atoms with Crippen molar-refractivity contribution in [3.8, 4) is 17.6 Å². The van der Waals surface area contributed by atoms with Crippen LogP contribution >= 0.6 is 0 Å². The average Bonchev–Trinajstić information content (AvgIpc) is 2.61. The number of hydrogen-bond donors (Lipinski definition) is 0. The molecule has 0 aliphatic carbocycles. The predicted molar refractivity (Wildman–Crippen MR) is 84.7 cm³/mol. The van der Waals surface area contributed by atoms with Crippen LogP contribution in [0.1, 0.15) is 17.2 Å². The quantitative estimate of drug-likeness (QED) is 0.847. The van der Waals surface area contributed by atoms with Crippen molar-refractivity contribution in [1.29, 1.82) is 5.26 Å². The lowest BCUT2D eigenvalue weighted by Gasteiger charge is -2.27. The minimum absolute atomic E-state index is 0.389. The molecule has 1 atom stereocenters. The summed E-state index contributed by atoms with van der Waals surface area (Å²) in [5.41, 5.74) is 1.71. The van der Waals surface area contributed by atoms with E-state index in [0.29, 0.717) is 11.5 Å². The maximum Gasteiger partial charge on any atom is 0.420 e. The Labute approximate surface area is 134 Å². The molecule has 2 aromatic carbocycles. The number of hydrogen-bond acceptors (Lipinski definition) is 4. The molecule has 114 valence electrons. The van der Waals surface area contributed by atoms with Gasteiger partial charge in [-0.25, -0.2) is 4.79 Å². The van der Waals surface area contributed by atoms with Crippen molar-refractivity contribution in [2.24, 2.45) is 0 Å². The molecule has 1 heterocycles. The lowest BCUT2D eigenvalue weighted by atomic mass is 9.97. The molecule has 0 N–H and O–H groups in total. The number of nitriles is 1. The predicted octanol–water partition coefficient (Wildman–Crippen LogP) is 3.75. The zero-order valence-electron chi connectivity index (χ0n) is 12.5. The maximum absolute atomic E-state index is 12.4. The monoisotopic (exact) mass is 306 g/mol. The maximum atomic E-state index is 12.4. The Bertz CT molecular complexity index is 791. The number of fused-ring (bicyclic) bond motifs is 1. The molecule has 3 rings (SSSR count). The van der Waals surface area contributed by atoms with Gasteiger partial charge in [0.1, 0.15) is 11.5 Å². The van der Waals surface area contributed by atoms with Gasteiger partial charge < -0.3 is 9.47 Å². The van der Waals surface area contributed by atoms with Crippen LogP contribution in [0.4, 0.5) is 4.79 Å². The second-order valence-electron chi connectivity index (χ2n) is 4.93. The minimum Gasteiger partial charge on any atom is -0.497 e. The zero-order valence-corrected chi connectivity index (χ0v) is 12.5. The number of rotatable bonds is 2. The van der Waals surface area contributed by atoms with Crippen LogP contribution in [0.3, 0.4) is 0 Å². The normalized spacial score (nSPS) is 15.5. The number of nitrogens with zero attached hydrogens (tertiary/aromatic N) is 2. The molecular weight excluding hydrogens is 292 g/mol. The van der Waals surface area contributed by atoms with Crippen molar-refractivity contribution in [3.05, 3.63) is 65.9 Å². The summed E-state index contributed by atoms with van der Waals surface area (Å²) in [7, 11) is 1.56. The van der Waals surface area contributed by atoms with Gasteiger partial charge in [-0.3, -0.25) is 4.90 Å². The molecule has 5 heteroatoms. The Balaban J connectivity index is 1.81. The summed E-state index contributed by atoms with van der Waals surface area (Å²) in [6.07, 6.45) is 2.76. The first-order chi connectivity index (χ1) is 11.2. The van der Waals surface area contributed by atoms with Crippen molar-refractivity contribution in [2.45, 2.75) is 6.04 Å². The average molecular weight is 306 g/mol. The van der Waals surface area contributed by atoms with Gasteiger partial charge in [0.2, 0.25) is 0 Å². The summed E-state index contributed by atoms with van der Waals surface area (Å²) in [6, 6.07) is 15.6. The summed E-state index contributed by atoms with van der Waals surface area (Å²) in [4.78, 5) is 13.7. The third-order valence-corrected chi connectivity index (χ3v) is 3.58. The molecule has 1 amide bonds. The summed E-state index contributed by atoms with van der Waals surface area (Å²) < 4.78 is 10.4. The molecule has 23 heavy (non-hydrogen) atoms. The van der Waals surface area contributed by atoms with E-state index in [1.54, 1.807) is 43.7 Å². The molecule has 0 aromatic heterocycles. The third-order valence-electron chi connectivity index (χ3n) is 3.58. The first-order valence-electron chi connectivity index (χ1n) is 7.04. The molecule has 1 unspecified atom stereocenters. The van der Waals surface area contributed by atoms with Crippen LogP contribution < -0.4 is 9.47 Å². The fourth-order valence-corrected chi connectivity index (χ4v) is 2.40. The van der Waals surface area contributed by atoms with Crippen LogP contribution in [0, 0.1) is 11.3 Å². The number of ether oxygens (including phenoxy) is 2. The molecule has 0 saturated heterocycles. The summed E-state index contributed by atoms with van der Waals surface area (Å²) in [6.45, 7) is 0. The van der Waals surface area contributed by atoms with Crippen molar-refractivity contribution in [1.82, 2.24) is 4.90 Å². The van der Waals surface area contributed by atoms with Gasteiger partial charge in [0.25, 0.3) is 0 Å². The fourth-order valence-electron chi connectivity index (χ4n) is 2.40. The van der Waals surface area contributed by atoms with Crippen LogP contribution in [0.15, 0.2) is 54.7 Å². The Kier molecular flexibility index (Phi) is 3.98. The van der Waals surface area contributed by atoms with Gasteiger partial charge in [0.15, 0.2) is 6.04 Å². The van der Waals surface area contributed by atoms with E-state index in [1.807, 2.05) is 24.3 Å². The van der Waals surface area contributed by atoms with E-state index in [0.717, 1.165) is 11.1 Å². The Morgan fingerprint density at radius 3 is 2.52 bits per heavy atom. The largest absolute Gasteiger partial charge is 0.497 e. The van der Waals surface area contributed by atoms with Crippen LogP contribution in [-0.4, -0.2) is 18.1 Å². The van der Waals surface area contributed by atoms with Gasteiger partial charge in [0.05, 0.1) is 13.2 Å². The van der Waals surface area contributed by atoms with Crippen LogP contribution in [0.25, 0.3) is 6.08 Å². The van der Waals surface area contributed by atoms with Crippen molar-refractivity contribution < 1.29 is 14.3 Å². The Morgan fingerprint density at radius 2 is 1.83 bits per heavy atom. The van der Waals surface area contributed by atoms with E-state index in [9.17, 15) is 10.1 Å². The molecule has 0 radical (unpaired) electrons. The van der Waals surface area contributed by atoms with Crippen molar-refractivity contribution in [2.75, 3.05) is 7.11 Å². The second-order valence-corrected chi connectivity index (χ2v) is 4.93. The number of carbonyl (C=O) groups excluding carboxylic acids is 1. The van der Waals surface area contributed by atoms with Crippen molar-refractivity contribution >= 4 is 12.2 Å². The van der Waals surface area contributed by atoms with E-state index in [4.69, 9.17) is 9.47 Å². The highest BCUT2D eigenvalue weighted by Crippen LogP contribution is 2.30. The van der Waals surface area contributed by atoms with Gasteiger partial charge in [-0.2, -0.15) is 5.26 Å². The molecule has 2 aromatic rings. The van der Waals surface area contributed by atoms with E-state index in [1.165, 1.54) is 4.90 Å². The lowest BCUT2D eigenvalue weighted by Crippen LogP contribution is -2.33. The van der Waals surface area contributed by atoms with Gasteiger partial charge >= 0.3 is 6.09 Å². The van der Waals surface area contributed by atoms with Gasteiger partial charge in [-0.05, 0) is 41.5 Å². The third kappa shape index (κ3) is 2.87. The molecular formula is C18H14N2O3. The summed E-state index contributed by atoms with van der Waals surface area (Å²) >= 11 is 0. The van der Waals surface area contributed by atoms with Gasteiger partial charge in [-0.15, -0.1) is 0 Å². The molecule has 1 aliphatic heterocycles. The number of carbonyl (C=O) groups is 1. The van der Waals surface area contributed by atoms with E-state index in [2.05, 4.69) is 6.07 Å². The Hall–Kier alpha value is -3.26. The second kappa shape index (κ2) is 6.24. The van der Waals surface area contributed by atoms with Crippen LogP contribution in [-0.2, 0) is 0 Å². The lowest BCUT2D eigenvalue weighted by molar-refractivity contribution is 0.162. The van der Waals surface area contributed by atoms with Gasteiger partial charge in [0, 0.05) is 6.20 Å². The van der Waals surface area contributed by atoms with E-state index < -0.39 is 12.1 Å². The SMILES string of the molecule is COc1ccc(OC(=O)N2C=Cc3ccccc3C2C#N)cc1. The van der Waals surface area contributed by atoms with E-state index >= 15 is 0 Å². The molecule has 0 saturated carbocycles. The summed E-state index contributed by atoms with van der Waals surface area (Å²) in [5.74, 6) is 1.06. The number of amides is 1. The highest BCUT2D eigenvalue weighted by molar-refractivity contribution is 5.76. The highest BCUT2D eigenvalue weighted by atomic mass is 16.6. The minimum atomic E-state index is -0.707. The standard InChI is InChI=1S/C18H14N2O3/c1-22-14-6-8-15(9-7-14)23-18(21)20-11-10-13-4-2-3-5-16(13)17(20)12-19/h2-11,17H,1H3. The Morgan fingerprint density at radius 1 is 1.13 bits per heavy atom.